The minimum atomic E-state index is -3.93. The Morgan fingerprint density at radius 3 is 2.21 bits per heavy atom. The van der Waals surface area contributed by atoms with Gasteiger partial charge in [0, 0.05) is 16.3 Å². The van der Waals surface area contributed by atoms with Crippen LogP contribution in [0.15, 0.2) is 93.2 Å². The summed E-state index contributed by atoms with van der Waals surface area (Å²) in [4.78, 5) is 4.40. The average molecular weight is 425 g/mol. The molecule has 0 saturated carbocycles. The summed E-state index contributed by atoms with van der Waals surface area (Å²) < 4.78 is 32.3. The van der Waals surface area contributed by atoms with Gasteiger partial charge in [0.2, 0.25) is 26.6 Å². The fraction of sp³-hybridized carbons (Fsp3) is 0.0455. The average Bonchev–Trinajstić information content (AvgIpc) is 3.15. The van der Waals surface area contributed by atoms with Crippen LogP contribution >= 0.6 is 11.6 Å². The van der Waals surface area contributed by atoms with Crippen molar-refractivity contribution in [1.82, 2.24) is 4.98 Å². The number of aromatic nitrogens is 1. The van der Waals surface area contributed by atoms with Crippen molar-refractivity contribution in [2.45, 2.75) is 16.8 Å². The Labute approximate surface area is 173 Å². The number of hydrogen-bond acceptors (Lipinski definition) is 5. The molecule has 1 N–H and O–H groups in total. The number of benzene rings is 3. The summed E-state index contributed by atoms with van der Waals surface area (Å²) in [5.74, 6) is 0.274. The van der Waals surface area contributed by atoms with Crippen molar-refractivity contribution in [3.8, 4) is 11.5 Å². The van der Waals surface area contributed by atoms with Crippen LogP contribution in [0.5, 0.6) is 0 Å². The van der Waals surface area contributed by atoms with Crippen molar-refractivity contribution in [2.24, 2.45) is 0 Å². The topological polar surface area (TPSA) is 72.2 Å². The Morgan fingerprint density at radius 2 is 1.55 bits per heavy atom. The zero-order valence-corrected chi connectivity index (χ0v) is 17.0. The first kappa shape index (κ1) is 19.2. The van der Waals surface area contributed by atoms with Crippen molar-refractivity contribution in [3.05, 3.63) is 89.4 Å². The lowest BCUT2D eigenvalue weighted by Crippen LogP contribution is -2.05. The Bertz CT molecular complexity index is 1230. The normalized spacial score (nSPS) is 11.4. The molecule has 1 aromatic heterocycles. The Balaban J connectivity index is 1.83. The molecule has 0 radical (unpaired) electrons. The predicted octanol–water partition coefficient (Wildman–Crippen LogP) is 5.88. The molecule has 5 nitrogen and oxygen atoms in total. The van der Waals surface area contributed by atoms with E-state index in [0.717, 1.165) is 5.56 Å². The molecule has 0 atom stereocenters. The predicted molar refractivity (Wildman–Crippen MR) is 113 cm³/mol. The Kier molecular flexibility index (Phi) is 5.13. The highest BCUT2D eigenvalue weighted by Crippen LogP contribution is 2.34. The number of aryl methyl sites for hydroxylation is 1. The third-order valence-electron chi connectivity index (χ3n) is 4.30. The van der Waals surface area contributed by atoms with Crippen LogP contribution in [0, 0.1) is 6.92 Å². The molecule has 7 heteroatoms. The summed E-state index contributed by atoms with van der Waals surface area (Å²) in [5.41, 5.74) is 2.46. The fourth-order valence-corrected chi connectivity index (χ4v) is 4.15. The maximum absolute atomic E-state index is 13.2. The quantitative estimate of drug-likeness (QED) is 0.433. The van der Waals surface area contributed by atoms with E-state index in [4.69, 9.17) is 16.0 Å². The summed E-state index contributed by atoms with van der Waals surface area (Å²) in [7, 11) is -3.93. The number of nitrogens with zero attached hydrogens (tertiary/aromatic N) is 1. The molecule has 146 valence electrons. The van der Waals surface area contributed by atoms with Gasteiger partial charge in [0.25, 0.3) is 0 Å². The van der Waals surface area contributed by atoms with Crippen LogP contribution in [0.1, 0.15) is 5.56 Å². The van der Waals surface area contributed by atoms with Crippen LogP contribution in [0.25, 0.3) is 11.5 Å². The van der Waals surface area contributed by atoms with Gasteiger partial charge in [-0.05, 0) is 55.5 Å². The number of sulfone groups is 1. The molecule has 0 bridgehead atoms. The molecule has 0 spiro atoms. The van der Waals surface area contributed by atoms with Gasteiger partial charge in [-0.2, -0.15) is 4.98 Å². The zero-order chi connectivity index (χ0) is 20.4. The first-order valence-electron chi connectivity index (χ1n) is 8.84. The molecule has 0 unspecified atom stereocenters. The van der Waals surface area contributed by atoms with Gasteiger partial charge in [-0.25, -0.2) is 8.42 Å². The van der Waals surface area contributed by atoms with E-state index in [0.29, 0.717) is 16.3 Å². The van der Waals surface area contributed by atoms with Crippen LogP contribution in [0.4, 0.5) is 11.6 Å². The molecule has 0 aliphatic rings. The third kappa shape index (κ3) is 4.04. The summed E-state index contributed by atoms with van der Waals surface area (Å²) in [5, 5.41) is 3.31. The zero-order valence-electron chi connectivity index (χ0n) is 15.5. The highest BCUT2D eigenvalue weighted by atomic mass is 35.5. The molecule has 29 heavy (non-hydrogen) atoms. The highest BCUT2D eigenvalue weighted by molar-refractivity contribution is 7.91. The van der Waals surface area contributed by atoms with Crippen molar-refractivity contribution < 1.29 is 12.8 Å². The van der Waals surface area contributed by atoms with Crippen molar-refractivity contribution in [3.63, 3.8) is 0 Å². The number of halogens is 1. The van der Waals surface area contributed by atoms with Gasteiger partial charge in [-0.3, -0.25) is 0 Å². The van der Waals surface area contributed by atoms with E-state index in [1.54, 1.807) is 12.1 Å². The van der Waals surface area contributed by atoms with Gasteiger partial charge in [0.05, 0.1) is 4.90 Å². The lowest BCUT2D eigenvalue weighted by molar-refractivity contribution is 0.582. The van der Waals surface area contributed by atoms with Crippen LogP contribution in [0.3, 0.4) is 0 Å². The third-order valence-corrected chi connectivity index (χ3v) is 6.24. The fourth-order valence-electron chi connectivity index (χ4n) is 2.76. The van der Waals surface area contributed by atoms with Crippen molar-refractivity contribution >= 4 is 33.0 Å². The molecule has 0 saturated heterocycles. The second-order valence-corrected chi connectivity index (χ2v) is 8.77. The first-order chi connectivity index (χ1) is 13.9. The number of oxazole rings is 1. The van der Waals surface area contributed by atoms with Crippen LogP contribution in [-0.4, -0.2) is 13.4 Å². The molecule has 1 heterocycles. The standard InChI is InChI=1S/C22H17ClN2O3S/c1-15-7-11-18(12-8-15)24-21-22(25-20(28-21)16-5-3-2-4-6-16)29(26,27)19-13-9-17(23)10-14-19/h2-14,24H,1H3. The van der Waals surface area contributed by atoms with Crippen LogP contribution < -0.4 is 5.32 Å². The number of rotatable bonds is 5. The van der Waals surface area contributed by atoms with Crippen molar-refractivity contribution in [1.29, 1.82) is 0 Å². The van der Waals surface area contributed by atoms with E-state index >= 15 is 0 Å². The van der Waals surface area contributed by atoms with Crippen LogP contribution in [-0.2, 0) is 9.84 Å². The van der Waals surface area contributed by atoms with Crippen LogP contribution in [0.2, 0.25) is 5.02 Å². The summed E-state index contributed by atoms with van der Waals surface area (Å²) in [6, 6.07) is 22.6. The van der Waals surface area contributed by atoms with Gasteiger partial charge in [-0.15, -0.1) is 0 Å². The molecular formula is C22H17ClN2O3S. The van der Waals surface area contributed by atoms with E-state index in [9.17, 15) is 8.42 Å². The monoisotopic (exact) mass is 424 g/mol. The van der Waals surface area contributed by atoms with Gasteiger partial charge in [-0.1, -0.05) is 47.5 Å². The molecule has 0 aliphatic carbocycles. The van der Waals surface area contributed by atoms with Gasteiger partial charge in [0.15, 0.2) is 0 Å². The van der Waals surface area contributed by atoms with E-state index < -0.39 is 9.84 Å². The maximum Gasteiger partial charge on any atom is 0.238 e. The second kappa shape index (κ2) is 7.73. The Hall–Kier alpha value is -3.09. The molecule has 4 rings (SSSR count). The summed E-state index contributed by atoms with van der Waals surface area (Å²) in [6.07, 6.45) is 0. The lowest BCUT2D eigenvalue weighted by Gasteiger charge is -2.06. The number of hydrogen-bond donors (Lipinski definition) is 1. The van der Waals surface area contributed by atoms with E-state index in [2.05, 4.69) is 10.3 Å². The molecule has 0 aliphatic heterocycles. The number of anilines is 2. The molecular weight excluding hydrogens is 408 g/mol. The largest absolute Gasteiger partial charge is 0.419 e. The number of nitrogens with one attached hydrogen (secondary N) is 1. The molecule has 0 amide bonds. The van der Waals surface area contributed by atoms with E-state index in [-0.39, 0.29) is 21.7 Å². The van der Waals surface area contributed by atoms with E-state index in [1.807, 2.05) is 49.4 Å². The Morgan fingerprint density at radius 1 is 0.897 bits per heavy atom. The minimum absolute atomic E-state index is 0.0580. The first-order valence-corrected chi connectivity index (χ1v) is 10.7. The molecule has 4 aromatic rings. The molecule has 3 aromatic carbocycles. The maximum atomic E-state index is 13.2. The van der Waals surface area contributed by atoms with Crippen molar-refractivity contribution in [2.75, 3.05) is 5.32 Å². The smallest absolute Gasteiger partial charge is 0.238 e. The highest BCUT2D eigenvalue weighted by Gasteiger charge is 2.28. The second-order valence-electron chi connectivity index (χ2n) is 6.47. The lowest BCUT2D eigenvalue weighted by atomic mass is 10.2. The molecule has 0 fully saturated rings. The summed E-state index contributed by atoms with van der Waals surface area (Å²) >= 11 is 5.90. The van der Waals surface area contributed by atoms with Gasteiger partial charge >= 0.3 is 0 Å². The van der Waals surface area contributed by atoms with Gasteiger partial charge < -0.3 is 9.73 Å². The summed E-state index contributed by atoms with van der Waals surface area (Å²) in [6.45, 7) is 1.97. The SMILES string of the molecule is Cc1ccc(Nc2oc(-c3ccccc3)nc2S(=O)(=O)c2ccc(Cl)cc2)cc1. The minimum Gasteiger partial charge on any atom is -0.419 e. The van der Waals surface area contributed by atoms with E-state index in [1.165, 1.54) is 24.3 Å². The van der Waals surface area contributed by atoms with Gasteiger partial charge in [0.1, 0.15) is 0 Å².